The molecule has 1 heterocycles. The number of nitrogens with zero attached hydrogens (tertiary/aromatic N) is 1. The van der Waals surface area contributed by atoms with E-state index in [0.29, 0.717) is 11.5 Å². The maximum absolute atomic E-state index is 5.63. The van der Waals surface area contributed by atoms with Gasteiger partial charge in [0.25, 0.3) is 0 Å². The summed E-state index contributed by atoms with van der Waals surface area (Å²) in [5.74, 6) is 0. The highest BCUT2D eigenvalue weighted by Crippen LogP contribution is 2.33. The Kier molecular flexibility index (Phi) is 3.88. The van der Waals surface area contributed by atoms with Crippen molar-refractivity contribution >= 4 is 0 Å². The zero-order valence-corrected chi connectivity index (χ0v) is 11.0. The highest BCUT2D eigenvalue weighted by Gasteiger charge is 2.38. The molecule has 1 atom stereocenters. The van der Waals surface area contributed by atoms with Crippen LogP contribution in [-0.4, -0.2) is 50.3 Å². The first-order valence-corrected chi connectivity index (χ1v) is 6.63. The van der Waals surface area contributed by atoms with E-state index in [-0.39, 0.29) is 0 Å². The van der Waals surface area contributed by atoms with E-state index in [1.165, 1.54) is 25.8 Å². The highest BCUT2D eigenvalue weighted by molar-refractivity contribution is 4.92. The first kappa shape index (κ1) is 12.3. The molecule has 1 saturated carbocycles. The van der Waals surface area contributed by atoms with Gasteiger partial charge in [-0.15, -0.1) is 0 Å². The zero-order valence-electron chi connectivity index (χ0n) is 11.0. The number of rotatable bonds is 6. The largest absolute Gasteiger partial charge is 0.381 e. The zero-order chi connectivity index (χ0) is 11.6. The van der Waals surface area contributed by atoms with Crippen molar-refractivity contribution in [1.82, 2.24) is 10.2 Å². The van der Waals surface area contributed by atoms with E-state index in [4.69, 9.17) is 4.74 Å². The molecule has 3 nitrogen and oxygen atoms in total. The fourth-order valence-corrected chi connectivity index (χ4v) is 2.56. The van der Waals surface area contributed by atoms with Gasteiger partial charge >= 0.3 is 0 Å². The van der Waals surface area contributed by atoms with E-state index >= 15 is 0 Å². The Morgan fingerprint density at radius 1 is 1.44 bits per heavy atom. The third-order valence-electron chi connectivity index (χ3n) is 3.83. The molecule has 1 saturated heterocycles. The Hall–Kier alpha value is -0.120. The van der Waals surface area contributed by atoms with Crippen LogP contribution < -0.4 is 5.32 Å². The van der Waals surface area contributed by atoms with Crippen molar-refractivity contribution < 1.29 is 4.74 Å². The summed E-state index contributed by atoms with van der Waals surface area (Å²) in [7, 11) is 2.27. The van der Waals surface area contributed by atoms with Crippen LogP contribution in [0.1, 0.15) is 33.1 Å². The van der Waals surface area contributed by atoms with E-state index in [1.807, 2.05) is 0 Å². The van der Waals surface area contributed by atoms with Crippen molar-refractivity contribution in [2.75, 3.05) is 33.4 Å². The summed E-state index contributed by atoms with van der Waals surface area (Å²) in [6.07, 6.45) is 4.00. The summed E-state index contributed by atoms with van der Waals surface area (Å²) in [5, 5.41) is 3.59. The van der Waals surface area contributed by atoms with Crippen LogP contribution in [-0.2, 0) is 4.74 Å². The summed E-state index contributed by atoms with van der Waals surface area (Å²) in [6.45, 7) is 8.60. The number of nitrogens with one attached hydrogen (secondary N) is 1. The molecule has 0 radical (unpaired) electrons. The molecular weight excluding hydrogens is 200 g/mol. The Balaban J connectivity index is 1.86. The normalized spacial score (nSPS) is 30.6. The monoisotopic (exact) mass is 226 g/mol. The molecule has 0 bridgehead atoms. The van der Waals surface area contributed by atoms with Gasteiger partial charge in [-0.3, -0.25) is 0 Å². The fraction of sp³-hybridized carbons (Fsp3) is 1.00. The predicted octanol–water partition coefficient (Wildman–Crippen LogP) is 1.49. The van der Waals surface area contributed by atoms with Crippen LogP contribution in [0.15, 0.2) is 0 Å². The standard InChI is InChI=1S/C13H26N2O/c1-11(2)14-8-13(6-7-16-10-13)9-15(3)12-4-5-12/h11-12,14H,4-10H2,1-3H3. The Labute approximate surface area is 99.5 Å². The van der Waals surface area contributed by atoms with Gasteiger partial charge in [-0.25, -0.2) is 0 Å². The average molecular weight is 226 g/mol. The van der Waals surface area contributed by atoms with Gasteiger partial charge in [0.1, 0.15) is 0 Å². The molecule has 1 aliphatic heterocycles. The third-order valence-corrected chi connectivity index (χ3v) is 3.83. The Bertz CT molecular complexity index is 220. The van der Waals surface area contributed by atoms with Crippen molar-refractivity contribution in [3.8, 4) is 0 Å². The number of hydrogen-bond acceptors (Lipinski definition) is 3. The second kappa shape index (κ2) is 5.03. The summed E-state index contributed by atoms with van der Waals surface area (Å²) in [5.41, 5.74) is 0.363. The van der Waals surface area contributed by atoms with E-state index in [9.17, 15) is 0 Å². The lowest BCUT2D eigenvalue weighted by Gasteiger charge is -2.33. The van der Waals surface area contributed by atoms with Gasteiger partial charge in [-0.05, 0) is 26.3 Å². The smallest absolute Gasteiger partial charge is 0.0547 e. The topological polar surface area (TPSA) is 24.5 Å². The summed E-state index contributed by atoms with van der Waals surface area (Å²) < 4.78 is 5.63. The molecule has 0 aromatic heterocycles. The Morgan fingerprint density at radius 2 is 2.19 bits per heavy atom. The molecule has 0 amide bonds. The number of ether oxygens (including phenoxy) is 1. The van der Waals surface area contributed by atoms with Gasteiger partial charge in [0.15, 0.2) is 0 Å². The van der Waals surface area contributed by atoms with Crippen LogP contribution in [0.4, 0.5) is 0 Å². The first-order chi connectivity index (χ1) is 7.61. The molecule has 16 heavy (non-hydrogen) atoms. The minimum atomic E-state index is 0.363. The molecule has 2 rings (SSSR count). The quantitative estimate of drug-likeness (QED) is 0.742. The minimum Gasteiger partial charge on any atom is -0.381 e. The average Bonchev–Trinajstić information content (AvgIpc) is 2.99. The van der Waals surface area contributed by atoms with Crippen LogP contribution in [0.3, 0.4) is 0 Å². The highest BCUT2D eigenvalue weighted by atomic mass is 16.5. The van der Waals surface area contributed by atoms with Crippen LogP contribution in [0, 0.1) is 5.41 Å². The van der Waals surface area contributed by atoms with Crippen LogP contribution >= 0.6 is 0 Å². The van der Waals surface area contributed by atoms with Crippen LogP contribution in [0.5, 0.6) is 0 Å². The van der Waals surface area contributed by atoms with Gasteiger partial charge in [-0.1, -0.05) is 13.8 Å². The summed E-state index contributed by atoms with van der Waals surface area (Å²) >= 11 is 0. The van der Waals surface area contributed by atoms with Crippen molar-refractivity contribution in [1.29, 1.82) is 0 Å². The fourth-order valence-electron chi connectivity index (χ4n) is 2.56. The SMILES string of the molecule is CC(C)NCC1(CN(C)C2CC2)CCOC1. The van der Waals surface area contributed by atoms with Crippen molar-refractivity contribution in [2.45, 2.75) is 45.2 Å². The van der Waals surface area contributed by atoms with Crippen LogP contribution in [0.25, 0.3) is 0 Å². The second-order valence-electron chi connectivity index (χ2n) is 5.98. The van der Waals surface area contributed by atoms with E-state index in [2.05, 4.69) is 31.1 Å². The molecule has 1 aliphatic carbocycles. The maximum Gasteiger partial charge on any atom is 0.0547 e. The first-order valence-electron chi connectivity index (χ1n) is 6.63. The van der Waals surface area contributed by atoms with E-state index in [1.54, 1.807) is 0 Å². The molecule has 1 N–H and O–H groups in total. The summed E-state index contributed by atoms with van der Waals surface area (Å²) in [4.78, 5) is 2.54. The lowest BCUT2D eigenvalue weighted by Crippen LogP contribution is -2.45. The minimum absolute atomic E-state index is 0.363. The van der Waals surface area contributed by atoms with Crippen molar-refractivity contribution in [2.24, 2.45) is 5.41 Å². The molecule has 3 heteroatoms. The molecule has 0 spiro atoms. The van der Waals surface area contributed by atoms with Gasteiger partial charge in [0.2, 0.25) is 0 Å². The van der Waals surface area contributed by atoms with E-state index in [0.717, 1.165) is 25.8 Å². The molecule has 94 valence electrons. The molecular formula is C13H26N2O. The maximum atomic E-state index is 5.63. The van der Waals surface area contributed by atoms with Crippen molar-refractivity contribution in [3.05, 3.63) is 0 Å². The van der Waals surface area contributed by atoms with Gasteiger partial charge in [-0.2, -0.15) is 0 Å². The molecule has 2 fully saturated rings. The molecule has 1 unspecified atom stereocenters. The third kappa shape index (κ3) is 3.19. The number of hydrogen-bond donors (Lipinski definition) is 1. The Morgan fingerprint density at radius 3 is 2.69 bits per heavy atom. The molecule has 0 aromatic carbocycles. The lowest BCUT2D eigenvalue weighted by molar-refractivity contribution is 0.114. The van der Waals surface area contributed by atoms with Crippen molar-refractivity contribution in [3.63, 3.8) is 0 Å². The molecule has 2 aliphatic rings. The van der Waals surface area contributed by atoms with Gasteiger partial charge in [0, 0.05) is 37.2 Å². The molecule has 0 aromatic rings. The summed E-state index contributed by atoms with van der Waals surface area (Å²) in [6, 6.07) is 1.43. The van der Waals surface area contributed by atoms with Gasteiger partial charge < -0.3 is 15.0 Å². The lowest BCUT2D eigenvalue weighted by atomic mass is 9.86. The van der Waals surface area contributed by atoms with Gasteiger partial charge in [0.05, 0.1) is 6.61 Å². The van der Waals surface area contributed by atoms with Crippen LogP contribution in [0.2, 0.25) is 0 Å². The predicted molar refractivity (Wildman–Crippen MR) is 66.7 cm³/mol. The second-order valence-corrected chi connectivity index (χ2v) is 5.98. The van der Waals surface area contributed by atoms with E-state index < -0.39 is 0 Å².